The predicted molar refractivity (Wildman–Crippen MR) is 82.6 cm³/mol. The van der Waals surface area contributed by atoms with Crippen LogP contribution in [-0.4, -0.2) is 5.97 Å². The van der Waals surface area contributed by atoms with Crippen LogP contribution in [0.15, 0.2) is 60.7 Å². The number of carbonyl (C=O) groups excluding carboxylic acids is 1. The van der Waals surface area contributed by atoms with Crippen LogP contribution in [0.3, 0.4) is 0 Å². The summed E-state index contributed by atoms with van der Waals surface area (Å²) < 4.78 is 0. The molecule has 2 aromatic carbocycles. The maximum absolute atomic E-state index is 11.3. The van der Waals surface area contributed by atoms with Gasteiger partial charge in [-0.1, -0.05) is 60.7 Å². The summed E-state index contributed by atoms with van der Waals surface area (Å²) >= 11 is 0. The summed E-state index contributed by atoms with van der Waals surface area (Å²) in [7, 11) is 0. The van der Waals surface area contributed by atoms with Crippen LogP contribution in [0.5, 0.6) is 0 Å². The average molecular weight is 304 g/mol. The molecule has 110 valence electrons. The van der Waals surface area contributed by atoms with Crippen LogP contribution in [0, 0.1) is 5.92 Å². The topological polar surface area (TPSA) is 40.1 Å². The van der Waals surface area contributed by atoms with Crippen molar-refractivity contribution in [2.75, 3.05) is 0 Å². The summed E-state index contributed by atoms with van der Waals surface area (Å²) in [6, 6.07) is 20.2. The van der Waals surface area contributed by atoms with E-state index >= 15 is 0 Å². The fourth-order valence-electron chi connectivity index (χ4n) is 2.56. The van der Waals surface area contributed by atoms with Gasteiger partial charge in [-0.3, -0.25) is 0 Å². The Morgan fingerprint density at radius 3 is 1.82 bits per heavy atom. The van der Waals surface area contributed by atoms with Gasteiger partial charge in [0.15, 0.2) is 0 Å². The maximum atomic E-state index is 11.3. The molecule has 0 heterocycles. The molecule has 0 aliphatic heterocycles. The molecule has 0 aromatic heterocycles. The summed E-state index contributed by atoms with van der Waals surface area (Å²) in [6.45, 7) is 0. The van der Waals surface area contributed by atoms with Crippen LogP contribution < -0.4 is 34.7 Å². The minimum Gasteiger partial charge on any atom is -0.550 e. The van der Waals surface area contributed by atoms with Crippen LogP contribution in [0.4, 0.5) is 0 Å². The third kappa shape index (κ3) is 6.78. The molecule has 0 saturated carbocycles. The summed E-state index contributed by atoms with van der Waals surface area (Å²) in [4.78, 5) is 11.3. The van der Waals surface area contributed by atoms with Crippen molar-refractivity contribution in [2.45, 2.75) is 32.1 Å². The van der Waals surface area contributed by atoms with Crippen molar-refractivity contribution in [1.29, 1.82) is 0 Å². The molecular formula is C19H21NaO2. The number of carboxylic acid groups (broad SMARTS) is 1. The third-order valence-electron chi connectivity index (χ3n) is 3.82. The van der Waals surface area contributed by atoms with E-state index in [4.69, 9.17) is 0 Å². The van der Waals surface area contributed by atoms with Gasteiger partial charge in [-0.2, -0.15) is 0 Å². The molecule has 22 heavy (non-hydrogen) atoms. The van der Waals surface area contributed by atoms with Gasteiger partial charge in [0.2, 0.25) is 0 Å². The molecule has 0 fully saturated rings. The first kappa shape index (κ1) is 19.0. The van der Waals surface area contributed by atoms with Gasteiger partial charge in [0.25, 0.3) is 0 Å². The monoisotopic (exact) mass is 304 g/mol. The van der Waals surface area contributed by atoms with E-state index in [0.717, 1.165) is 19.3 Å². The van der Waals surface area contributed by atoms with Crippen molar-refractivity contribution >= 4 is 5.97 Å². The van der Waals surface area contributed by atoms with Crippen molar-refractivity contribution in [3.8, 4) is 0 Å². The van der Waals surface area contributed by atoms with Gasteiger partial charge in [-0.05, 0) is 49.1 Å². The summed E-state index contributed by atoms with van der Waals surface area (Å²) in [5.74, 6) is -1.27. The number of carboxylic acids is 1. The Bertz CT molecular complexity index is 540. The molecule has 2 rings (SSSR count). The number of aryl methyl sites for hydroxylation is 2. The number of benzene rings is 2. The Balaban J connectivity index is 0.00000242. The molecule has 0 spiro atoms. The van der Waals surface area contributed by atoms with Crippen molar-refractivity contribution in [3.63, 3.8) is 0 Å². The molecule has 0 radical (unpaired) electrons. The van der Waals surface area contributed by atoms with Crippen molar-refractivity contribution in [1.82, 2.24) is 0 Å². The second-order valence-corrected chi connectivity index (χ2v) is 5.42. The van der Waals surface area contributed by atoms with Gasteiger partial charge >= 0.3 is 29.6 Å². The van der Waals surface area contributed by atoms with Crippen molar-refractivity contribution in [2.24, 2.45) is 5.92 Å². The molecule has 0 amide bonds. The van der Waals surface area contributed by atoms with E-state index in [-0.39, 0.29) is 35.5 Å². The number of aliphatic carboxylic acids is 1. The second-order valence-electron chi connectivity index (χ2n) is 5.42. The summed E-state index contributed by atoms with van der Waals surface area (Å²) in [6.07, 6.45) is 3.95. The van der Waals surface area contributed by atoms with E-state index in [0.29, 0.717) is 12.8 Å². The van der Waals surface area contributed by atoms with Crippen LogP contribution in [-0.2, 0) is 17.6 Å². The van der Waals surface area contributed by atoms with Crippen molar-refractivity contribution < 1.29 is 39.5 Å². The number of hydrogen-bond donors (Lipinski definition) is 0. The summed E-state index contributed by atoms with van der Waals surface area (Å²) in [5.41, 5.74) is 2.45. The SMILES string of the molecule is O=C([O-])C(CCCc1ccccc1)CCc1ccccc1.[Na+]. The van der Waals surface area contributed by atoms with Crippen molar-refractivity contribution in [3.05, 3.63) is 71.8 Å². The van der Waals surface area contributed by atoms with E-state index in [1.165, 1.54) is 11.1 Å². The zero-order valence-electron chi connectivity index (χ0n) is 13.2. The average Bonchev–Trinajstić information content (AvgIpc) is 2.52. The molecule has 1 atom stereocenters. The fraction of sp³-hybridized carbons (Fsp3) is 0.316. The Morgan fingerprint density at radius 2 is 1.32 bits per heavy atom. The number of hydrogen-bond acceptors (Lipinski definition) is 2. The fourth-order valence-corrected chi connectivity index (χ4v) is 2.56. The maximum Gasteiger partial charge on any atom is 1.00 e. The minimum absolute atomic E-state index is 0. The summed E-state index contributed by atoms with van der Waals surface area (Å²) in [5, 5.41) is 11.3. The van der Waals surface area contributed by atoms with Gasteiger partial charge in [0.1, 0.15) is 0 Å². The normalized spacial score (nSPS) is 11.5. The van der Waals surface area contributed by atoms with Crippen LogP contribution >= 0.6 is 0 Å². The number of rotatable bonds is 8. The Kier molecular flexibility index (Phi) is 9.14. The Labute approximate surface area is 154 Å². The largest absolute Gasteiger partial charge is 1.00 e. The van der Waals surface area contributed by atoms with E-state index in [9.17, 15) is 9.90 Å². The molecule has 0 saturated heterocycles. The second kappa shape index (κ2) is 10.6. The zero-order valence-corrected chi connectivity index (χ0v) is 15.2. The quantitative estimate of drug-likeness (QED) is 0.645. The Morgan fingerprint density at radius 1 is 0.818 bits per heavy atom. The van der Waals surface area contributed by atoms with Crippen LogP contribution in [0.1, 0.15) is 30.4 Å². The standard InChI is InChI=1S/C19H22O2.Na/c20-19(21)18(15-14-17-10-5-2-6-11-17)13-7-12-16-8-3-1-4-9-16;/h1-6,8-11,18H,7,12-15H2,(H,20,21);/q;+1/p-1. The van der Waals surface area contributed by atoms with E-state index in [1.54, 1.807) is 0 Å². The van der Waals surface area contributed by atoms with Gasteiger partial charge < -0.3 is 9.90 Å². The smallest absolute Gasteiger partial charge is 0.550 e. The third-order valence-corrected chi connectivity index (χ3v) is 3.82. The molecule has 2 nitrogen and oxygen atoms in total. The predicted octanol–water partition coefficient (Wildman–Crippen LogP) is 0.0122. The number of carbonyl (C=O) groups is 1. The Hall–Kier alpha value is -1.09. The molecule has 3 heteroatoms. The van der Waals surface area contributed by atoms with Gasteiger partial charge in [-0.25, -0.2) is 0 Å². The van der Waals surface area contributed by atoms with E-state index in [2.05, 4.69) is 12.1 Å². The molecule has 2 aromatic rings. The van der Waals surface area contributed by atoms with Crippen LogP contribution in [0.25, 0.3) is 0 Å². The van der Waals surface area contributed by atoms with E-state index in [1.807, 2.05) is 48.5 Å². The molecule has 0 N–H and O–H groups in total. The van der Waals surface area contributed by atoms with Crippen LogP contribution in [0.2, 0.25) is 0 Å². The van der Waals surface area contributed by atoms with E-state index < -0.39 is 5.97 Å². The molecule has 0 bridgehead atoms. The van der Waals surface area contributed by atoms with Gasteiger partial charge in [0, 0.05) is 5.97 Å². The zero-order chi connectivity index (χ0) is 14.9. The van der Waals surface area contributed by atoms with Gasteiger partial charge in [0.05, 0.1) is 0 Å². The molecule has 0 aliphatic rings. The molecule has 0 aliphatic carbocycles. The minimum atomic E-state index is -0.918. The first-order valence-electron chi connectivity index (χ1n) is 7.54. The molecular weight excluding hydrogens is 283 g/mol. The first-order valence-corrected chi connectivity index (χ1v) is 7.54. The first-order chi connectivity index (χ1) is 10.3. The molecule has 1 unspecified atom stereocenters. The van der Waals surface area contributed by atoms with Gasteiger partial charge in [-0.15, -0.1) is 0 Å².